The zero-order chi connectivity index (χ0) is 18.3. The quantitative estimate of drug-likeness (QED) is 0.341. The molecule has 0 saturated heterocycles. The van der Waals surface area contributed by atoms with Crippen molar-refractivity contribution in [2.45, 2.75) is 53.9 Å². The van der Waals surface area contributed by atoms with Crippen molar-refractivity contribution in [3.05, 3.63) is 46.1 Å². The van der Waals surface area contributed by atoms with Gasteiger partial charge in [-0.3, -0.25) is 9.59 Å². The zero-order valence-electron chi connectivity index (χ0n) is 15.1. The summed E-state index contributed by atoms with van der Waals surface area (Å²) in [6.45, 7) is 9.16. The molecule has 0 aliphatic rings. The second-order valence-corrected chi connectivity index (χ2v) is 6.22. The predicted molar refractivity (Wildman–Crippen MR) is 95.7 cm³/mol. The number of ether oxygens (including phenoxy) is 1. The van der Waals surface area contributed by atoms with E-state index in [4.69, 9.17) is 4.74 Å². The lowest BCUT2D eigenvalue weighted by molar-refractivity contribution is -0.131. The van der Waals surface area contributed by atoms with E-state index in [1.165, 1.54) is 18.1 Å². The highest BCUT2D eigenvalue weighted by molar-refractivity contribution is 5.84. The minimum Gasteiger partial charge on any atom is -0.507 e. The van der Waals surface area contributed by atoms with E-state index in [1.807, 2.05) is 13.0 Å². The third-order valence-corrected chi connectivity index (χ3v) is 3.73. The van der Waals surface area contributed by atoms with E-state index >= 15 is 0 Å². The first kappa shape index (κ1) is 19.7. The Morgan fingerprint density at radius 2 is 1.88 bits per heavy atom. The molecule has 0 bridgehead atoms. The maximum atomic E-state index is 11.3. The predicted octanol–water partition coefficient (Wildman–Crippen LogP) is 4.67. The second-order valence-electron chi connectivity index (χ2n) is 6.22. The van der Waals surface area contributed by atoms with Crippen LogP contribution in [0.4, 0.5) is 0 Å². The molecule has 0 atom stereocenters. The molecule has 24 heavy (non-hydrogen) atoms. The van der Waals surface area contributed by atoms with Crippen LogP contribution in [0.5, 0.6) is 11.5 Å². The Bertz CT molecular complexity index is 677. The van der Waals surface area contributed by atoms with Crippen molar-refractivity contribution in [2.24, 2.45) is 0 Å². The van der Waals surface area contributed by atoms with Crippen LogP contribution < -0.4 is 4.74 Å². The van der Waals surface area contributed by atoms with E-state index in [1.54, 1.807) is 13.0 Å². The highest BCUT2D eigenvalue weighted by Gasteiger charge is 2.17. The van der Waals surface area contributed by atoms with E-state index in [-0.39, 0.29) is 11.3 Å². The van der Waals surface area contributed by atoms with Crippen molar-refractivity contribution in [2.75, 3.05) is 0 Å². The summed E-state index contributed by atoms with van der Waals surface area (Å²) in [5, 5.41) is 10.4. The average Bonchev–Trinajstić information content (AvgIpc) is 2.46. The molecule has 0 aliphatic carbocycles. The number of carbonyl (C=O) groups excluding carboxylic acids is 2. The van der Waals surface area contributed by atoms with E-state index in [9.17, 15) is 14.7 Å². The molecule has 0 fully saturated rings. The smallest absolute Gasteiger partial charge is 0.308 e. The van der Waals surface area contributed by atoms with E-state index in [0.717, 1.165) is 12.8 Å². The summed E-state index contributed by atoms with van der Waals surface area (Å²) >= 11 is 0. The molecule has 4 nitrogen and oxygen atoms in total. The molecule has 4 heteroatoms. The van der Waals surface area contributed by atoms with Gasteiger partial charge >= 0.3 is 5.97 Å². The maximum absolute atomic E-state index is 11.3. The number of aldehydes is 1. The van der Waals surface area contributed by atoms with Gasteiger partial charge in [0.2, 0.25) is 0 Å². The van der Waals surface area contributed by atoms with Crippen LogP contribution in [-0.4, -0.2) is 17.4 Å². The molecule has 0 amide bonds. The first-order valence-electron chi connectivity index (χ1n) is 8.04. The van der Waals surface area contributed by atoms with Gasteiger partial charge in [-0.05, 0) is 58.6 Å². The van der Waals surface area contributed by atoms with Crippen LogP contribution in [0.3, 0.4) is 0 Å². The van der Waals surface area contributed by atoms with Crippen LogP contribution in [0.1, 0.15) is 62.0 Å². The van der Waals surface area contributed by atoms with Crippen LogP contribution in [0.15, 0.2) is 29.4 Å². The molecule has 0 aliphatic heterocycles. The molecule has 0 radical (unpaired) electrons. The number of phenolic OH excluding ortho intramolecular Hbond substituents is 1. The van der Waals surface area contributed by atoms with Gasteiger partial charge in [-0.25, -0.2) is 0 Å². The minimum absolute atomic E-state index is 0.116. The number of carbonyl (C=O) groups is 2. The zero-order valence-corrected chi connectivity index (χ0v) is 15.1. The molecular weight excluding hydrogens is 304 g/mol. The Morgan fingerprint density at radius 1 is 1.21 bits per heavy atom. The van der Waals surface area contributed by atoms with Gasteiger partial charge in [0.1, 0.15) is 11.5 Å². The number of hydrogen-bond acceptors (Lipinski definition) is 4. The van der Waals surface area contributed by atoms with Crippen LogP contribution in [-0.2, 0) is 11.2 Å². The lowest BCUT2D eigenvalue weighted by Gasteiger charge is -2.13. The number of hydrogen-bond donors (Lipinski definition) is 1. The normalized spacial score (nSPS) is 11.1. The van der Waals surface area contributed by atoms with Crippen molar-refractivity contribution >= 4 is 12.3 Å². The number of benzene rings is 1. The number of aryl methyl sites for hydroxylation is 1. The first-order valence-corrected chi connectivity index (χ1v) is 8.04. The summed E-state index contributed by atoms with van der Waals surface area (Å²) in [4.78, 5) is 22.5. The van der Waals surface area contributed by atoms with Crippen molar-refractivity contribution in [3.63, 3.8) is 0 Å². The van der Waals surface area contributed by atoms with Crippen LogP contribution in [0, 0.1) is 6.92 Å². The number of rotatable bonds is 7. The van der Waals surface area contributed by atoms with Gasteiger partial charge in [0.05, 0.1) is 5.56 Å². The van der Waals surface area contributed by atoms with Crippen molar-refractivity contribution in [1.82, 2.24) is 0 Å². The Balaban J connectivity index is 3.09. The minimum atomic E-state index is -0.460. The SMILES string of the molecule is CC(=O)Oc1cc(C)c(C=O)c(O)c1C/C=C(\C)CCC=C(C)C. The van der Waals surface area contributed by atoms with Crippen molar-refractivity contribution < 1.29 is 19.4 Å². The molecule has 0 heterocycles. The summed E-state index contributed by atoms with van der Waals surface area (Å²) in [5.74, 6) is -0.274. The molecule has 1 rings (SSSR count). The topological polar surface area (TPSA) is 63.6 Å². The summed E-state index contributed by atoms with van der Waals surface area (Å²) < 4.78 is 5.20. The van der Waals surface area contributed by atoms with Gasteiger partial charge in [0.15, 0.2) is 6.29 Å². The van der Waals surface area contributed by atoms with Gasteiger partial charge in [0.25, 0.3) is 0 Å². The molecule has 1 N–H and O–H groups in total. The van der Waals surface area contributed by atoms with Gasteiger partial charge in [-0.1, -0.05) is 23.3 Å². The van der Waals surface area contributed by atoms with Crippen LogP contribution in [0.25, 0.3) is 0 Å². The monoisotopic (exact) mass is 330 g/mol. The molecular formula is C20H26O4. The van der Waals surface area contributed by atoms with Gasteiger partial charge in [0, 0.05) is 12.5 Å². The Kier molecular flexibility index (Phi) is 7.43. The molecule has 0 unspecified atom stereocenters. The number of aromatic hydroxyl groups is 1. The van der Waals surface area contributed by atoms with Crippen molar-refractivity contribution in [3.8, 4) is 11.5 Å². The standard InChI is InChI=1S/C20H26O4/c1-13(2)7-6-8-14(3)9-10-17-19(24-16(5)22)11-15(4)18(12-21)20(17)23/h7,9,11-12,23H,6,8,10H2,1-5H3/b14-9+. The second kappa shape index (κ2) is 9.06. The molecule has 1 aromatic rings. The third kappa shape index (κ3) is 5.69. The largest absolute Gasteiger partial charge is 0.507 e. The average molecular weight is 330 g/mol. The number of allylic oxidation sites excluding steroid dienone is 4. The fraction of sp³-hybridized carbons (Fsp3) is 0.400. The van der Waals surface area contributed by atoms with E-state index < -0.39 is 5.97 Å². The Labute approximate surface area is 143 Å². The number of esters is 1. The number of phenols is 1. The van der Waals surface area contributed by atoms with Crippen LogP contribution >= 0.6 is 0 Å². The Hall–Kier alpha value is -2.36. The highest BCUT2D eigenvalue weighted by Crippen LogP contribution is 2.34. The summed E-state index contributed by atoms with van der Waals surface area (Å²) in [6, 6.07) is 1.62. The summed E-state index contributed by atoms with van der Waals surface area (Å²) in [7, 11) is 0. The molecule has 130 valence electrons. The maximum Gasteiger partial charge on any atom is 0.308 e. The lowest BCUT2D eigenvalue weighted by Crippen LogP contribution is -2.06. The molecule has 0 saturated carbocycles. The molecule has 0 spiro atoms. The lowest BCUT2D eigenvalue weighted by atomic mass is 9.99. The first-order chi connectivity index (χ1) is 11.3. The molecule has 0 aromatic heterocycles. The van der Waals surface area contributed by atoms with Gasteiger partial charge in [-0.15, -0.1) is 0 Å². The summed E-state index contributed by atoms with van der Waals surface area (Å²) in [5.41, 5.74) is 3.73. The van der Waals surface area contributed by atoms with Gasteiger partial charge in [-0.2, -0.15) is 0 Å². The van der Waals surface area contributed by atoms with Crippen molar-refractivity contribution in [1.29, 1.82) is 0 Å². The Morgan fingerprint density at radius 3 is 2.42 bits per heavy atom. The highest BCUT2D eigenvalue weighted by atomic mass is 16.5. The fourth-order valence-electron chi connectivity index (χ4n) is 2.39. The van der Waals surface area contributed by atoms with E-state index in [0.29, 0.717) is 29.6 Å². The fourth-order valence-corrected chi connectivity index (χ4v) is 2.39. The van der Waals surface area contributed by atoms with Crippen LogP contribution in [0.2, 0.25) is 0 Å². The van der Waals surface area contributed by atoms with E-state index in [2.05, 4.69) is 19.9 Å². The van der Waals surface area contributed by atoms with Gasteiger partial charge < -0.3 is 9.84 Å². The molecule has 1 aromatic carbocycles. The summed E-state index contributed by atoms with van der Waals surface area (Å²) in [6.07, 6.45) is 7.07. The third-order valence-electron chi connectivity index (χ3n) is 3.73.